The van der Waals surface area contributed by atoms with Crippen LogP contribution in [0, 0.1) is 0 Å². The molecule has 2 aromatic carbocycles. The van der Waals surface area contributed by atoms with Gasteiger partial charge in [0.05, 0.1) is 40.9 Å². The summed E-state index contributed by atoms with van der Waals surface area (Å²) in [5.41, 5.74) is -0.152. The monoisotopic (exact) mass is 439 g/mol. The molecule has 0 saturated carbocycles. The van der Waals surface area contributed by atoms with E-state index in [1.807, 2.05) is 0 Å². The van der Waals surface area contributed by atoms with Gasteiger partial charge in [0.15, 0.2) is 23.0 Å². The summed E-state index contributed by atoms with van der Waals surface area (Å²) in [5, 5.41) is 10.4. The molecule has 9 nitrogen and oxygen atoms in total. The molecule has 10 heteroatoms. The summed E-state index contributed by atoms with van der Waals surface area (Å²) in [6.07, 6.45) is 0. The Hall–Kier alpha value is -2.88. The number of carboxylic acid groups (broad SMARTS) is 1. The molecule has 3 rings (SSSR count). The van der Waals surface area contributed by atoms with Crippen molar-refractivity contribution < 1.29 is 64.6 Å². The first-order valence-electron chi connectivity index (χ1n) is 8.75. The zero-order valence-corrected chi connectivity index (χ0v) is 20.1. The van der Waals surface area contributed by atoms with Crippen molar-refractivity contribution in [3.8, 4) is 39.9 Å². The van der Waals surface area contributed by atoms with Crippen molar-refractivity contribution in [1.82, 2.24) is 4.98 Å². The quantitative estimate of drug-likeness (QED) is 0.497. The molecule has 0 unspecified atom stereocenters. The van der Waals surface area contributed by atoms with Crippen LogP contribution >= 0.6 is 0 Å². The molecule has 31 heavy (non-hydrogen) atoms. The van der Waals surface area contributed by atoms with Crippen LogP contribution in [0.15, 0.2) is 29.1 Å². The molecule has 160 valence electrons. The number of pyridine rings is 1. The Morgan fingerprint density at radius 3 is 1.71 bits per heavy atom. The Kier molecular flexibility index (Phi) is 7.83. The Morgan fingerprint density at radius 1 is 0.806 bits per heavy atom. The summed E-state index contributed by atoms with van der Waals surface area (Å²) in [5.74, 6) is 0.419. The third kappa shape index (κ3) is 4.30. The van der Waals surface area contributed by atoms with E-state index in [1.54, 1.807) is 18.2 Å². The molecule has 0 atom stereocenters. The van der Waals surface area contributed by atoms with Crippen molar-refractivity contribution in [1.29, 1.82) is 0 Å². The topological polar surface area (TPSA) is 116 Å². The Balaban J connectivity index is 0.00000256. The molecule has 0 spiro atoms. The number of carbonyl (C=O) groups is 1. The van der Waals surface area contributed by atoms with Crippen LogP contribution in [0.25, 0.3) is 21.9 Å². The third-order valence-electron chi connectivity index (χ3n) is 4.69. The summed E-state index contributed by atoms with van der Waals surface area (Å²) >= 11 is 0. The number of aromatic amines is 1. The number of aromatic nitrogens is 1. The zero-order valence-electron chi connectivity index (χ0n) is 19.1. The number of hydrogen-bond acceptors (Lipinski definition) is 7. The van der Waals surface area contributed by atoms with Crippen molar-refractivity contribution >= 4 is 16.7 Å². The molecule has 1 aromatic heterocycles. The summed E-state index contributed by atoms with van der Waals surface area (Å²) < 4.78 is 26.7. The molecule has 2 N–H and O–H groups in total. The van der Waals surface area contributed by atoms with E-state index >= 15 is 0 Å². The molecule has 0 amide bonds. The predicted octanol–water partition coefficient (Wildman–Crippen LogP) is 0.0528. The van der Waals surface area contributed by atoms with E-state index < -0.39 is 11.5 Å². The number of carboxylic acids is 1. The molecule has 0 aliphatic rings. The number of H-pyrrole nitrogens is 1. The van der Waals surface area contributed by atoms with Gasteiger partial charge in [0.2, 0.25) is 5.75 Å². The molecule has 0 saturated heterocycles. The molecule has 0 fully saturated rings. The molecule has 0 radical (unpaired) electrons. The number of ether oxygens (including phenoxy) is 5. The van der Waals surface area contributed by atoms with E-state index in [0.29, 0.717) is 39.7 Å². The van der Waals surface area contributed by atoms with Gasteiger partial charge in [0.1, 0.15) is 5.69 Å². The number of nitrogens with one attached hydrogen (secondary N) is 1. The van der Waals surface area contributed by atoms with E-state index in [-0.39, 0.29) is 47.6 Å². The van der Waals surface area contributed by atoms with E-state index in [9.17, 15) is 14.7 Å². The normalized spacial score (nSPS) is 10.2. The minimum absolute atomic E-state index is 0. The Morgan fingerprint density at radius 2 is 1.29 bits per heavy atom. The second-order valence-electron chi connectivity index (χ2n) is 6.18. The number of benzene rings is 2. The van der Waals surface area contributed by atoms with Crippen molar-refractivity contribution in [3.05, 3.63) is 40.3 Å². The molecule has 0 aliphatic carbocycles. The number of hydrogen-bond donors (Lipinski definition) is 2. The first kappa shape index (κ1) is 24.4. The second kappa shape index (κ2) is 9.95. The van der Waals surface area contributed by atoms with Crippen LogP contribution in [0.5, 0.6) is 28.7 Å². The summed E-state index contributed by atoms with van der Waals surface area (Å²) in [6, 6.07) is 6.28. The van der Waals surface area contributed by atoms with Crippen LogP contribution < -0.4 is 58.8 Å². The number of rotatable bonds is 7. The number of methoxy groups -OCH3 is 5. The van der Waals surface area contributed by atoms with Crippen molar-refractivity contribution in [2.24, 2.45) is 0 Å². The smallest absolute Gasteiger partial charge is 1.00 e. The Labute approximate surface area is 201 Å². The van der Waals surface area contributed by atoms with E-state index in [4.69, 9.17) is 23.7 Å². The van der Waals surface area contributed by atoms with E-state index in [2.05, 4.69) is 4.98 Å². The molecule has 1 heterocycles. The zero-order chi connectivity index (χ0) is 22.0. The maximum Gasteiger partial charge on any atom is 1.00 e. The molecule has 0 bridgehead atoms. The average Bonchev–Trinajstić information content (AvgIpc) is 2.76. The van der Waals surface area contributed by atoms with Gasteiger partial charge in [-0.3, -0.25) is 4.79 Å². The summed E-state index contributed by atoms with van der Waals surface area (Å²) in [6.45, 7) is 0. The van der Waals surface area contributed by atoms with Gasteiger partial charge in [0, 0.05) is 10.9 Å². The van der Waals surface area contributed by atoms with Crippen LogP contribution in [0.3, 0.4) is 0 Å². The maximum absolute atomic E-state index is 12.6. The van der Waals surface area contributed by atoms with Crippen LogP contribution in [-0.2, 0) is 0 Å². The van der Waals surface area contributed by atoms with Crippen LogP contribution in [0.1, 0.15) is 11.9 Å². The van der Waals surface area contributed by atoms with Gasteiger partial charge in [-0.1, -0.05) is 0 Å². The Bertz CT molecular complexity index is 1170. The van der Waals surface area contributed by atoms with Gasteiger partial charge in [-0.05, 0) is 29.8 Å². The van der Waals surface area contributed by atoms with Gasteiger partial charge < -0.3 is 35.2 Å². The second-order valence-corrected chi connectivity index (χ2v) is 6.18. The molecular formula is C21H22NNaO8. The summed E-state index contributed by atoms with van der Waals surface area (Å²) in [7, 11) is 7.28. The van der Waals surface area contributed by atoms with Crippen LogP contribution in [0.4, 0.5) is 0 Å². The SMILES string of the molecule is COc1cc2c(-c3cc(OC)c(OC)c(OC)c3)c(C(=O)O)[nH]c(=O)c2cc1OC.[H-].[Na+]. The predicted molar refractivity (Wildman–Crippen MR) is 111 cm³/mol. The van der Waals surface area contributed by atoms with Crippen molar-refractivity contribution in [2.45, 2.75) is 0 Å². The number of fused-ring (bicyclic) bond motifs is 1. The molecular weight excluding hydrogens is 417 g/mol. The van der Waals surface area contributed by atoms with Gasteiger partial charge in [-0.25, -0.2) is 4.79 Å². The van der Waals surface area contributed by atoms with Gasteiger partial charge >= 0.3 is 35.5 Å². The first-order valence-corrected chi connectivity index (χ1v) is 8.75. The van der Waals surface area contributed by atoms with Gasteiger partial charge in [-0.15, -0.1) is 0 Å². The number of aromatic carboxylic acids is 1. The maximum atomic E-state index is 12.6. The van der Waals surface area contributed by atoms with Gasteiger partial charge in [-0.2, -0.15) is 0 Å². The van der Waals surface area contributed by atoms with E-state index in [0.717, 1.165) is 0 Å². The average molecular weight is 439 g/mol. The van der Waals surface area contributed by atoms with E-state index in [1.165, 1.54) is 41.6 Å². The minimum atomic E-state index is -1.30. The molecule has 0 aliphatic heterocycles. The minimum Gasteiger partial charge on any atom is -1.00 e. The standard InChI is InChI=1S/C21H21NO8.Na.H/c1-26-13-8-11-12(9-14(13)27-2)20(23)22-18(21(24)25)17(11)10-6-15(28-3)19(30-5)16(7-10)29-4;;/h6-9H,1-5H3,(H,22,23)(H,24,25);;/q;+1;-1. The van der Waals surface area contributed by atoms with Gasteiger partial charge in [0.25, 0.3) is 5.56 Å². The fourth-order valence-electron chi connectivity index (χ4n) is 3.34. The fraction of sp³-hybridized carbons (Fsp3) is 0.238. The first-order chi connectivity index (χ1) is 14.4. The fourth-order valence-corrected chi connectivity index (χ4v) is 3.34. The van der Waals surface area contributed by atoms with Crippen molar-refractivity contribution in [3.63, 3.8) is 0 Å². The van der Waals surface area contributed by atoms with Crippen LogP contribution in [-0.4, -0.2) is 51.6 Å². The van der Waals surface area contributed by atoms with Crippen LogP contribution in [0.2, 0.25) is 0 Å². The van der Waals surface area contributed by atoms with Crippen molar-refractivity contribution in [2.75, 3.05) is 35.5 Å². The largest absolute Gasteiger partial charge is 1.00 e. The summed E-state index contributed by atoms with van der Waals surface area (Å²) in [4.78, 5) is 27.0. The third-order valence-corrected chi connectivity index (χ3v) is 4.69. The molecule has 3 aromatic rings.